The molecule has 0 heterocycles. The number of carboxylic acid groups (broad SMARTS) is 1. The van der Waals surface area contributed by atoms with Crippen LogP contribution in [0.1, 0.15) is 57.7 Å². The van der Waals surface area contributed by atoms with Crippen LogP contribution in [0.2, 0.25) is 23.2 Å². The summed E-state index contributed by atoms with van der Waals surface area (Å²) in [6, 6.07) is 9.64. The van der Waals surface area contributed by atoms with Crippen molar-refractivity contribution in [2.75, 3.05) is 13.7 Å². The molecule has 0 saturated carbocycles. The van der Waals surface area contributed by atoms with Gasteiger partial charge in [0, 0.05) is 24.6 Å². The molecule has 0 fully saturated rings. The molecule has 2 rings (SSSR count). The van der Waals surface area contributed by atoms with Gasteiger partial charge in [-0.1, -0.05) is 32.4 Å². The van der Waals surface area contributed by atoms with Crippen molar-refractivity contribution in [3.63, 3.8) is 0 Å². The van der Waals surface area contributed by atoms with Gasteiger partial charge in [0.15, 0.2) is 8.32 Å². The highest BCUT2D eigenvalue weighted by Gasteiger charge is 2.39. The summed E-state index contributed by atoms with van der Waals surface area (Å²) in [7, 11) is -0.525. The molecule has 0 amide bonds. The minimum absolute atomic E-state index is 0.0118. The zero-order valence-electron chi connectivity index (χ0n) is 22.3. The number of halogens is 2. The molecule has 0 aliphatic carbocycles. The van der Waals surface area contributed by atoms with Crippen LogP contribution < -0.4 is 14.8 Å². The molecule has 9 heteroatoms. The van der Waals surface area contributed by atoms with Gasteiger partial charge in [-0.15, -0.1) is 0 Å². The maximum atomic E-state index is 14.3. The van der Waals surface area contributed by atoms with Crippen LogP contribution in [0.25, 0.3) is 0 Å². The summed E-state index contributed by atoms with van der Waals surface area (Å²) in [5.74, 6) is 0.0656. The second kappa shape index (κ2) is 12.9. The molecule has 200 valence electrons. The van der Waals surface area contributed by atoms with Crippen LogP contribution >= 0.6 is 11.6 Å². The maximum absolute atomic E-state index is 14.3. The van der Waals surface area contributed by atoms with Crippen LogP contribution in [-0.2, 0) is 15.8 Å². The fourth-order valence-electron chi connectivity index (χ4n) is 3.49. The largest absolute Gasteiger partial charge is 0.497 e. The van der Waals surface area contributed by atoms with Crippen molar-refractivity contribution in [1.29, 1.82) is 0 Å². The molecule has 0 saturated heterocycles. The summed E-state index contributed by atoms with van der Waals surface area (Å²) in [6.07, 6.45) is 0.119. The van der Waals surface area contributed by atoms with Crippen LogP contribution in [-0.4, -0.2) is 39.2 Å². The Morgan fingerprint density at radius 1 is 1.17 bits per heavy atom. The fourth-order valence-corrected chi connectivity index (χ4v) is 5.14. The highest BCUT2D eigenvalue weighted by Crippen LogP contribution is 2.38. The third-order valence-electron chi connectivity index (χ3n) is 6.70. The Labute approximate surface area is 220 Å². The molecule has 6 nitrogen and oxygen atoms in total. The van der Waals surface area contributed by atoms with E-state index in [-0.39, 0.29) is 35.2 Å². The Hall–Kier alpha value is -2.13. The molecule has 2 atom stereocenters. The lowest BCUT2D eigenvalue weighted by molar-refractivity contribution is -0.137. The monoisotopic (exact) mass is 539 g/mol. The van der Waals surface area contributed by atoms with Crippen molar-refractivity contribution in [3.8, 4) is 11.5 Å². The number of carboxylic acids is 1. The molecule has 2 N–H and O–H groups in total. The lowest BCUT2D eigenvalue weighted by atomic mass is 10.0. The molecule has 2 aromatic carbocycles. The minimum Gasteiger partial charge on any atom is -0.497 e. The number of hydrogen-bond acceptors (Lipinski definition) is 5. The fraction of sp³-hybridized carbons (Fsp3) is 0.519. The summed E-state index contributed by atoms with van der Waals surface area (Å²) in [5, 5.41) is 12.9. The van der Waals surface area contributed by atoms with E-state index in [2.05, 4.69) is 39.2 Å². The maximum Gasteiger partial charge on any atom is 0.303 e. The number of carbonyl (C=O) groups is 1. The van der Waals surface area contributed by atoms with Crippen molar-refractivity contribution >= 4 is 25.9 Å². The smallest absolute Gasteiger partial charge is 0.303 e. The lowest BCUT2D eigenvalue weighted by Crippen LogP contribution is -2.46. The second-order valence-electron chi connectivity index (χ2n) is 10.5. The first kappa shape index (κ1) is 30.1. The normalized spacial score (nSPS) is 13.8. The first-order valence-corrected chi connectivity index (χ1v) is 15.4. The molecular weight excluding hydrogens is 501 g/mol. The number of rotatable bonds is 13. The van der Waals surface area contributed by atoms with Crippen LogP contribution in [0, 0.1) is 5.82 Å². The second-order valence-corrected chi connectivity index (χ2v) is 15.6. The van der Waals surface area contributed by atoms with Gasteiger partial charge in [-0.05, 0) is 73.4 Å². The molecule has 0 aromatic heterocycles. The predicted molar refractivity (Wildman–Crippen MR) is 144 cm³/mol. The van der Waals surface area contributed by atoms with Gasteiger partial charge in [-0.3, -0.25) is 4.79 Å². The van der Waals surface area contributed by atoms with Crippen molar-refractivity contribution in [2.24, 2.45) is 0 Å². The number of methoxy groups -OCH3 is 1. The van der Waals surface area contributed by atoms with E-state index in [0.717, 1.165) is 5.75 Å². The average Bonchev–Trinajstić information content (AvgIpc) is 2.79. The molecule has 36 heavy (non-hydrogen) atoms. The quantitative estimate of drug-likeness (QED) is 0.268. The van der Waals surface area contributed by atoms with Gasteiger partial charge in [0.05, 0.1) is 18.2 Å². The summed E-state index contributed by atoms with van der Waals surface area (Å²) in [4.78, 5) is 11.2. The molecular formula is C27H39ClFNO5Si. The standard InChI is InChI=1S/C27H39ClFNO5Si/c1-18(30-16-22(12-13-26(31)32)35-36(6,7)27(2,3)4)23-14-19(29)15-25(28)24(23)17-34-21-10-8-20(33-5)9-11-21/h8-11,14-15,18,22,30H,12-13,16-17H2,1-7H3,(H,31,32)/t18-,22-/m0/s1. The molecule has 0 unspecified atom stereocenters. The molecule has 0 aliphatic rings. The van der Waals surface area contributed by atoms with E-state index in [9.17, 15) is 14.3 Å². The number of hydrogen-bond donors (Lipinski definition) is 2. The summed E-state index contributed by atoms with van der Waals surface area (Å²) < 4.78 is 31.9. The van der Waals surface area contributed by atoms with Crippen LogP contribution in [0.4, 0.5) is 4.39 Å². The topological polar surface area (TPSA) is 77.0 Å². The van der Waals surface area contributed by atoms with Gasteiger partial charge in [-0.25, -0.2) is 4.39 Å². The van der Waals surface area contributed by atoms with E-state index in [4.69, 9.17) is 25.5 Å². The van der Waals surface area contributed by atoms with Crippen molar-refractivity contribution < 1.29 is 28.2 Å². The number of nitrogens with one attached hydrogen (secondary N) is 1. The Morgan fingerprint density at radius 3 is 2.33 bits per heavy atom. The van der Waals surface area contributed by atoms with Crippen LogP contribution in [0.15, 0.2) is 36.4 Å². The summed E-state index contributed by atoms with van der Waals surface area (Å²) in [6.45, 7) is 13.2. The van der Waals surface area contributed by atoms with Crippen molar-refractivity contribution in [3.05, 3.63) is 58.4 Å². The summed E-state index contributed by atoms with van der Waals surface area (Å²) >= 11 is 6.43. The van der Waals surface area contributed by atoms with E-state index >= 15 is 0 Å². The highest BCUT2D eigenvalue weighted by molar-refractivity contribution is 6.74. The average molecular weight is 540 g/mol. The highest BCUT2D eigenvalue weighted by atomic mass is 35.5. The third kappa shape index (κ3) is 8.76. The Morgan fingerprint density at radius 2 is 1.78 bits per heavy atom. The predicted octanol–water partition coefficient (Wildman–Crippen LogP) is 6.97. The number of benzene rings is 2. The van der Waals surface area contributed by atoms with E-state index in [1.54, 1.807) is 31.4 Å². The Bertz CT molecular complexity index is 1010. The Balaban J connectivity index is 2.18. The number of ether oxygens (including phenoxy) is 2. The molecule has 0 aliphatic heterocycles. The van der Waals surface area contributed by atoms with Gasteiger partial charge in [0.2, 0.25) is 0 Å². The van der Waals surface area contributed by atoms with E-state index in [0.29, 0.717) is 29.8 Å². The van der Waals surface area contributed by atoms with Gasteiger partial charge in [-0.2, -0.15) is 0 Å². The zero-order valence-corrected chi connectivity index (χ0v) is 24.0. The van der Waals surface area contributed by atoms with E-state index < -0.39 is 20.1 Å². The zero-order chi connectivity index (χ0) is 27.1. The molecule has 2 aromatic rings. The Kier molecular flexibility index (Phi) is 10.8. The molecule has 0 spiro atoms. The SMILES string of the molecule is COc1ccc(OCc2c(Cl)cc(F)cc2[C@H](C)NC[C@H](CCC(=O)O)O[Si](C)(C)C(C)(C)C)cc1. The van der Waals surface area contributed by atoms with Crippen molar-refractivity contribution in [2.45, 2.75) is 77.4 Å². The van der Waals surface area contributed by atoms with Crippen LogP contribution in [0.5, 0.6) is 11.5 Å². The first-order chi connectivity index (χ1) is 16.7. The minimum atomic E-state index is -2.12. The summed E-state index contributed by atoms with van der Waals surface area (Å²) in [5.41, 5.74) is 1.36. The van der Waals surface area contributed by atoms with E-state index in [1.807, 2.05) is 6.92 Å². The van der Waals surface area contributed by atoms with Gasteiger partial charge >= 0.3 is 5.97 Å². The third-order valence-corrected chi connectivity index (χ3v) is 11.6. The lowest BCUT2D eigenvalue weighted by Gasteiger charge is -2.39. The van der Waals surface area contributed by atoms with Gasteiger partial charge in [0.25, 0.3) is 0 Å². The number of aliphatic carboxylic acids is 1. The van der Waals surface area contributed by atoms with E-state index in [1.165, 1.54) is 12.1 Å². The first-order valence-electron chi connectivity index (χ1n) is 12.1. The van der Waals surface area contributed by atoms with Gasteiger partial charge < -0.3 is 24.3 Å². The van der Waals surface area contributed by atoms with Crippen LogP contribution in [0.3, 0.4) is 0 Å². The van der Waals surface area contributed by atoms with Gasteiger partial charge in [0.1, 0.15) is 23.9 Å². The molecule has 0 radical (unpaired) electrons. The molecule has 0 bridgehead atoms. The van der Waals surface area contributed by atoms with Crippen molar-refractivity contribution in [1.82, 2.24) is 5.32 Å².